The van der Waals surface area contributed by atoms with Crippen molar-refractivity contribution < 1.29 is 4.39 Å². The molecule has 1 heterocycles. The van der Waals surface area contributed by atoms with Gasteiger partial charge < -0.3 is 5.32 Å². The fraction of sp³-hybridized carbons (Fsp3) is 1.00. The van der Waals surface area contributed by atoms with E-state index in [0.29, 0.717) is 18.5 Å². The summed E-state index contributed by atoms with van der Waals surface area (Å²) < 4.78 is 12.7. The monoisotopic (exact) mass is 230 g/mol. The van der Waals surface area contributed by atoms with E-state index in [4.69, 9.17) is 0 Å². The van der Waals surface area contributed by atoms with Crippen molar-refractivity contribution in [1.82, 2.24) is 10.2 Å². The summed E-state index contributed by atoms with van der Waals surface area (Å²) >= 11 is 0. The van der Waals surface area contributed by atoms with E-state index in [2.05, 4.69) is 37.9 Å². The van der Waals surface area contributed by atoms with E-state index in [0.717, 1.165) is 25.9 Å². The van der Waals surface area contributed by atoms with E-state index in [1.807, 2.05) is 0 Å². The molecule has 0 aromatic rings. The average molecular weight is 230 g/mol. The average Bonchev–Trinajstić information content (AvgIpc) is 2.29. The molecule has 16 heavy (non-hydrogen) atoms. The van der Waals surface area contributed by atoms with E-state index in [9.17, 15) is 4.39 Å². The van der Waals surface area contributed by atoms with Crippen molar-refractivity contribution in [3.63, 3.8) is 0 Å². The zero-order valence-corrected chi connectivity index (χ0v) is 11.2. The SMILES string of the molecule is CCC1(CC)CNC(C(C)C)CN1CCF. The second-order valence-electron chi connectivity index (χ2n) is 5.30. The molecule has 0 aromatic carbocycles. The second kappa shape index (κ2) is 5.97. The lowest BCUT2D eigenvalue weighted by molar-refractivity contribution is 0.0183. The van der Waals surface area contributed by atoms with Gasteiger partial charge in [0.05, 0.1) is 0 Å². The van der Waals surface area contributed by atoms with Gasteiger partial charge >= 0.3 is 0 Å². The highest BCUT2D eigenvalue weighted by molar-refractivity contribution is 4.98. The Labute approximate surface area is 99.6 Å². The maximum atomic E-state index is 12.7. The van der Waals surface area contributed by atoms with Crippen LogP contribution < -0.4 is 5.32 Å². The Morgan fingerprint density at radius 3 is 2.44 bits per heavy atom. The van der Waals surface area contributed by atoms with E-state index in [-0.39, 0.29) is 12.2 Å². The summed E-state index contributed by atoms with van der Waals surface area (Å²) in [7, 11) is 0. The van der Waals surface area contributed by atoms with Crippen LogP contribution >= 0.6 is 0 Å². The highest BCUT2D eigenvalue weighted by Crippen LogP contribution is 2.28. The third-order valence-electron chi connectivity index (χ3n) is 4.26. The summed E-state index contributed by atoms with van der Waals surface area (Å²) in [5.74, 6) is 0.619. The third-order valence-corrected chi connectivity index (χ3v) is 4.26. The van der Waals surface area contributed by atoms with E-state index in [1.54, 1.807) is 0 Å². The molecule has 0 saturated carbocycles. The van der Waals surface area contributed by atoms with E-state index >= 15 is 0 Å². The Morgan fingerprint density at radius 2 is 2.00 bits per heavy atom. The number of piperazine rings is 1. The van der Waals surface area contributed by atoms with Crippen LogP contribution in [0.5, 0.6) is 0 Å². The van der Waals surface area contributed by atoms with Gasteiger partial charge in [-0.25, -0.2) is 4.39 Å². The number of hydrogen-bond acceptors (Lipinski definition) is 2. The van der Waals surface area contributed by atoms with Crippen LogP contribution in [0.3, 0.4) is 0 Å². The number of hydrogen-bond donors (Lipinski definition) is 1. The molecule has 1 N–H and O–H groups in total. The van der Waals surface area contributed by atoms with Gasteiger partial charge in [-0.3, -0.25) is 4.90 Å². The van der Waals surface area contributed by atoms with Crippen molar-refractivity contribution in [3.8, 4) is 0 Å². The summed E-state index contributed by atoms with van der Waals surface area (Å²) in [5.41, 5.74) is 0.178. The highest BCUT2D eigenvalue weighted by Gasteiger charge is 2.39. The first-order valence-electron chi connectivity index (χ1n) is 6.64. The summed E-state index contributed by atoms with van der Waals surface area (Å²) in [5, 5.41) is 3.64. The molecule has 0 aromatic heterocycles. The van der Waals surface area contributed by atoms with Gasteiger partial charge in [-0.2, -0.15) is 0 Å². The maximum absolute atomic E-state index is 12.7. The minimum absolute atomic E-state index is 0.178. The molecule has 0 aliphatic carbocycles. The lowest BCUT2D eigenvalue weighted by Gasteiger charge is -2.50. The van der Waals surface area contributed by atoms with Crippen molar-refractivity contribution in [2.75, 3.05) is 26.3 Å². The van der Waals surface area contributed by atoms with Crippen molar-refractivity contribution in [2.24, 2.45) is 5.92 Å². The number of alkyl halides is 1. The molecule has 0 radical (unpaired) electrons. The molecule has 96 valence electrons. The molecular weight excluding hydrogens is 203 g/mol. The van der Waals surface area contributed by atoms with Crippen LogP contribution in [0.2, 0.25) is 0 Å². The molecule has 1 aliphatic rings. The zero-order valence-electron chi connectivity index (χ0n) is 11.2. The Hall–Kier alpha value is -0.150. The quantitative estimate of drug-likeness (QED) is 0.780. The van der Waals surface area contributed by atoms with Gasteiger partial charge in [-0.05, 0) is 18.8 Å². The number of rotatable bonds is 5. The number of nitrogens with one attached hydrogen (secondary N) is 1. The molecule has 1 saturated heterocycles. The molecule has 0 amide bonds. The third kappa shape index (κ3) is 2.75. The van der Waals surface area contributed by atoms with Crippen molar-refractivity contribution in [3.05, 3.63) is 0 Å². The first kappa shape index (κ1) is 13.9. The van der Waals surface area contributed by atoms with Crippen molar-refractivity contribution in [1.29, 1.82) is 0 Å². The lowest BCUT2D eigenvalue weighted by atomic mass is 9.85. The highest BCUT2D eigenvalue weighted by atomic mass is 19.1. The van der Waals surface area contributed by atoms with Gasteiger partial charge in [0, 0.05) is 31.2 Å². The summed E-state index contributed by atoms with van der Waals surface area (Å²) in [6.45, 7) is 11.2. The largest absolute Gasteiger partial charge is 0.311 e. The summed E-state index contributed by atoms with van der Waals surface area (Å²) in [6, 6.07) is 0.512. The fourth-order valence-electron chi connectivity index (χ4n) is 2.75. The number of nitrogens with zero attached hydrogens (tertiary/aromatic N) is 1. The van der Waals surface area contributed by atoms with Crippen LogP contribution in [0.4, 0.5) is 4.39 Å². The van der Waals surface area contributed by atoms with Gasteiger partial charge in [-0.1, -0.05) is 27.7 Å². The molecule has 0 spiro atoms. The van der Waals surface area contributed by atoms with Gasteiger partial charge in [0.1, 0.15) is 6.67 Å². The zero-order chi connectivity index (χ0) is 12.2. The van der Waals surface area contributed by atoms with Gasteiger partial charge in [-0.15, -0.1) is 0 Å². The normalized spacial score (nSPS) is 26.2. The molecule has 0 bridgehead atoms. The molecule has 3 heteroatoms. The van der Waals surface area contributed by atoms with Gasteiger partial charge in [0.15, 0.2) is 0 Å². The van der Waals surface area contributed by atoms with Crippen LogP contribution in [-0.4, -0.2) is 42.8 Å². The maximum Gasteiger partial charge on any atom is 0.102 e. The first-order valence-corrected chi connectivity index (χ1v) is 6.64. The lowest BCUT2D eigenvalue weighted by Crippen LogP contribution is -2.65. The minimum Gasteiger partial charge on any atom is -0.311 e. The fourth-order valence-corrected chi connectivity index (χ4v) is 2.75. The predicted octanol–water partition coefficient (Wildman–Crippen LogP) is 2.44. The van der Waals surface area contributed by atoms with E-state index < -0.39 is 0 Å². The minimum atomic E-state index is -0.230. The standard InChI is InChI=1S/C13H27FN2/c1-5-13(6-2)10-15-12(11(3)4)9-16(13)8-7-14/h11-12,15H,5-10H2,1-4H3. The molecule has 1 rings (SSSR count). The molecule has 1 unspecified atom stereocenters. The van der Waals surface area contributed by atoms with Gasteiger partial charge in [0.25, 0.3) is 0 Å². The Morgan fingerprint density at radius 1 is 1.38 bits per heavy atom. The van der Waals surface area contributed by atoms with Crippen LogP contribution in [0, 0.1) is 5.92 Å². The first-order chi connectivity index (χ1) is 7.59. The van der Waals surface area contributed by atoms with Gasteiger partial charge in [0.2, 0.25) is 0 Å². The van der Waals surface area contributed by atoms with Crippen LogP contribution in [0.1, 0.15) is 40.5 Å². The van der Waals surface area contributed by atoms with Crippen molar-refractivity contribution >= 4 is 0 Å². The smallest absolute Gasteiger partial charge is 0.102 e. The Balaban J connectivity index is 2.73. The van der Waals surface area contributed by atoms with Crippen LogP contribution in [0.15, 0.2) is 0 Å². The topological polar surface area (TPSA) is 15.3 Å². The predicted molar refractivity (Wildman–Crippen MR) is 67.5 cm³/mol. The molecular formula is C13H27FN2. The molecule has 1 aliphatic heterocycles. The Kier molecular flexibility index (Phi) is 5.19. The second-order valence-corrected chi connectivity index (χ2v) is 5.30. The molecule has 2 nitrogen and oxygen atoms in total. The summed E-state index contributed by atoms with van der Waals surface area (Å²) in [4.78, 5) is 2.37. The molecule has 1 fully saturated rings. The van der Waals surface area contributed by atoms with Crippen LogP contribution in [0.25, 0.3) is 0 Å². The summed E-state index contributed by atoms with van der Waals surface area (Å²) in [6.07, 6.45) is 2.20. The van der Waals surface area contributed by atoms with Crippen molar-refractivity contribution in [2.45, 2.75) is 52.1 Å². The number of halogens is 1. The van der Waals surface area contributed by atoms with Crippen LogP contribution in [-0.2, 0) is 0 Å². The van der Waals surface area contributed by atoms with E-state index in [1.165, 1.54) is 0 Å². The molecule has 1 atom stereocenters. The Bertz CT molecular complexity index is 202.